The third kappa shape index (κ3) is 6.21. The number of nitrogens with one attached hydrogen (secondary N) is 1. The number of halogens is 1. The first-order chi connectivity index (χ1) is 14.1. The van der Waals surface area contributed by atoms with Crippen LogP contribution in [0.5, 0.6) is 11.5 Å². The lowest BCUT2D eigenvalue weighted by Gasteiger charge is -2.23. The minimum Gasteiger partial charge on any atom is -0.490 e. The fraction of sp³-hybridized carbons (Fsp3) is 0.500. The first-order valence-corrected chi connectivity index (χ1v) is 11.5. The summed E-state index contributed by atoms with van der Waals surface area (Å²) in [4.78, 5) is 2.57. The number of likely N-dealkylation sites (tertiary alicyclic amines) is 1. The maximum Gasteiger partial charge on any atom is 0.175 e. The van der Waals surface area contributed by atoms with Crippen LogP contribution in [0.1, 0.15) is 43.4 Å². The average molecular weight is 461 g/mol. The van der Waals surface area contributed by atoms with Crippen molar-refractivity contribution in [3.05, 3.63) is 57.6 Å². The molecular weight excluding hydrogens is 428 g/mol. The Labute approximate surface area is 183 Å². The predicted octanol–water partition coefficient (Wildman–Crippen LogP) is 5.31. The molecule has 29 heavy (non-hydrogen) atoms. The molecule has 2 aromatic rings. The van der Waals surface area contributed by atoms with Gasteiger partial charge in [0.15, 0.2) is 11.5 Å². The number of aryl methyl sites for hydroxylation is 1. The molecule has 2 aromatic carbocycles. The van der Waals surface area contributed by atoms with Gasteiger partial charge in [-0.25, -0.2) is 0 Å². The van der Waals surface area contributed by atoms with Crippen molar-refractivity contribution in [3.63, 3.8) is 0 Å². The highest BCUT2D eigenvalue weighted by Gasteiger charge is 2.22. The topological polar surface area (TPSA) is 33.7 Å². The van der Waals surface area contributed by atoms with E-state index in [9.17, 15) is 0 Å². The molecule has 3 rings (SSSR count). The van der Waals surface area contributed by atoms with Gasteiger partial charge >= 0.3 is 0 Å². The Hall–Kier alpha value is -1.56. The van der Waals surface area contributed by atoms with Crippen molar-refractivity contribution in [2.24, 2.45) is 0 Å². The Morgan fingerprint density at radius 3 is 2.62 bits per heavy atom. The standard InChI is InChI=1S/C24H33BrN2O2/c1-4-27-12-6-7-21(27)16-26-15-20-13-22(25)24(23(14-20)28-5-2)29-17-19-10-8-18(3)9-11-19/h8-11,13-14,21,26H,4-7,12,15-17H2,1-3H3. The van der Waals surface area contributed by atoms with Crippen molar-refractivity contribution >= 4 is 15.9 Å². The second kappa shape index (κ2) is 11.0. The lowest BCUT2D eigenvalue weighted by atomic mass is 10.1. The highest BCUT2D eigenvalue weighted by atomic mass is 79.9. The van der Waals surface area contributed by atoms with Gasteiger partial charge in [-0.1, -0.05) is 36.8 Å². The number of nitrogens with zero attached hydrogens (tertiary/aromatic N) is 1. The van der Waals surface area contributed by atoms with Gasteiger partial charge < -0.3 is 14.8 Å². The first-order valence-electron chi connectivity index (χ1n) is 10.7. The van der Waals surface area contributed by atoms with E-state index in [1.165, 1.54) is 30.5 Å². The number of benzene rings is 2. The van der Waals surface area contributed by atoms with Crippen molar-refractivity contribution < 1.29 is 9.47 Å². The van der Waals surface area contributed by atoms with Crippen molar-refractivity contribution in [2.75, 3.05) is 26.2 Å². The molecule has 5 heteroatoms. The van der Waals surface area contributed by atoms with Gasteiger partial charge in [0.1, 0.15) is 6.61 Å². The number of rotatable bonds is 10. The molecule has 4 nitrogen and oxygen atoms in total. The van der Waals surface area contributed by atoms with Crippen LogP contribution >= 0.6 is 15.9 Å². The SMILES string of the molecule is CCOc1cc(CNCC2CCCN2CC)cc(Br)c1OCc1ccc(C)cc1. The number of hydrogen-bond acceptors (Lipinski definition) is 4. The molecule has 0 bridgehead atoms. The number of hydrogen-bond donors (Lipinski definition) is 1. The van der Waals surface area contributed by atoms with Crippen LogP contribution in [0.25, 0.3) is 0 Å². The second-order valence-corrected chi connectivity index (χ2v) is 8.52. The fourth-order valence-corrected chi connectivity index (χ4v) is 4.50. The van der Waals surface area contributed by atoms with Crippen molar-refractivity contribution in [1.82, 2.24) is 10.2 Å². The summed E-state index contributed by atoms with van der Waals surface area (Å²) >= 11 is 3.69. The predicted molar refractivity (Wildman–Crippen MR) is 123 cm³/mol. The van der Waals surface area contributed by atoms with Crippen LogP contribution in [0, 0.1) is 6.92 Å². The highest BCUT2D eigenvalue weighted by Crippen LogP contribution is 2.37. The minimum absolute atomic E-state index is 0.519. The van der Waals surface area contributed by atoms with E-state index in [4.69, 9.17) is 9.47 Å². The van der Waals surface area contributed by atoms with Crippen LogP contribution < -0.4 is 14.8 Å². The van der Waals surface area contributed by atoms with Gasteiger partial charge in [0.25, 0.3) is 0 Å². The van der Waals surface area contributed by atoms with Gasteiger partial charge in [0, 0.05) is 19.1 Å². The summed E-state index contributed by atoms with van der Waals surface area (Å²) in [6.45, 7) is 11.7. The summed E-state index contributed by atoms with van der Waals surface area (Å²) in [5.41, 5.74) is 3.60. The molecule has 1 unspecified atom stereocenters. The van der Waals surface area contributed by atoms with Crippen molar-refractivity contribution in [2.45, 2.75) is 52.8 Å². The van der Waals surface area contributed by atoms with E-state index in [0.29, 0.717) is 19.3 Å². The quantitative estimate of drug-likeness (QED) is 0.520. The third-order valence-corrected chi connectivity index (χ3v) is 6.08. The van der Waals surface area contributed by atoms with Crippen LogP contribution in [0.2, 0.25) is 0 Å². The van der Waals surface area contributed by atoms with Crippen LogP contribution in [0.3, 0.4) is 0 Å². The van der Waals surface area contributed by atoms with Crippen LogP contribution in [-0.2, 0) is 13.2 Å². The zero-order chi connectivity index (χ0) is 20.6. The minimum atomic E-state index is 0.519. The molecule has 0 spiro atoms. The molecule has 0 amide bonds. The van der Waals surface area contributed by atoms with Gasteiger partial charge in [-0.2, -0.15) is 0 Å². The average Bonchev–Trinajstić information content (AvgIpc) is 3.16. The molecule has 1 saturated heterocycles. The van der Waals surface area contributed by atoms with Gasteiger partial charge in [-0.05, 0) is 79.0 Å². The maximum atomic E-state index is 6.12. The molecule has 0 radical (unpaired) electrons. The summed E-state index contributed by atoms with van der Waals surface area (Å²) in [5, 5.41) is 3.63. The lowest BCUT2D eigenvalue weighted by Crippen LogP contribution is -2.37. The third-order valence-electron chi connectivity index (χ3n) is 5.49. The van der Waals surface area contributed by atoms with Gasteiger partial charge in [-0.15, -0.1) is 0 Å². The number of ether oxygens (including phenoxy) is 2. The van der Waals surface area contributed by atoms with Crippen LogP contribution in [0.4, 0.5) is 0 Å². The van der Waals surface area contributed by atoms with Gasteiger partial charge in [0.05, 0.1) is 11.1 Å². The van der Waals surface area contributed by atoms with Crippen molar-refractivity contribution in [1.29, 1.82) is 0 Å². The van der Waals surface area contributed by atoms with Crippen molar-refractivity contribution in [3.8, 4) is 11.5 Å². The lowest BCUT2D eigenvalue weighted by molar-refractivity contribution is 0.259. The van der Waals surface area contributed by atoms with E-state index in [2.05, 4.69) is 76.4 Å². The smallest absolute Gasteiger partial charge is 0.175 e. The van der Waals surface area contributed by atoms with E-state index in [1.54, 1.807) is 0 Å². The summed E-state index contributed by atoms with van der Waals surface area (Å²) in [6.07, 6.45) is 2.60. The summed E-state index contributed by atoms with van der Waals surface area (Å²) in [6, 6.07) is 13.3. The fourth-order valence-electron chi connectivity index (χ4n) is 3.89. The van der Waals surface area contributed by atoms with E-state index >= 15 is 0 Å². The molecule has 0 aromatic heterocycles. The molecule has 1 heterocycles. The van der Waals surface area contributed by atoms with Gasteiger partial charge in [-0.3, -0.25) is 4.90 Å². The Kier molecular flexibility index (Phi) is 8.40. The molecule has 1 fully saturated rings. The normalized spacial score (nSPS) is 16.9. The Bertz CT molecular complexity index is 779. The van der Waals surface area contributed by atoms with E-state index in [-0.39, 0.29) is 0 Å². The van der Waals surface area contributed by atoms with Crippen LogP contribution in [0.15, 0.2) is 40.9 Å². The Balaban J connectivity index is 1.63. The highest BCUT2D eigenvalue weighted by molar-refractivity contribution is 9.10. The monoisotopic (exact) mass is 460 g/mol. The molecule has 0 saturated carbocycles. The maximum absolute atomic E-state index is 6.12. The molecular formula is C24H33BrN2O2. The van der Waals surface area contributed by atoms with Gasteiger partial charge in [0.2, 0.25) is 0 Å². The Morgan fingerprint density at radius 2 is 1.90 bits per heavy atom. The molecule has 1 atom stereocenters. The molecule has 1 aliphatic heterocycles. The molecule has 1 N–H and O–H groups in total. The first kappa shape index (κ1) is 22.1. The molecule has 1 aliphatic rings. The summed E-state index contributed by atoms with van der Waals surface area (Å²) in [7, 11) is 0. The Morgan fingerprint density at radius 1 is 1.10 bits per heavy atom. The molecule has 158 valence electrons. The zero-order valence-electron chi connectivity index (χ0n) is 17.8. The van der Waals surface area contributed by atoms with E-state index < -0.39 is 0 Å². The van der Waals surface area contributed by atoms with E-state index in [1.807, 2.05) is 6.92 Å². The largest absolute Gasteiger partial charge is 0.490 e. The number of likely N-dealkylation sites (N-methyl/N-ethyl adjacent to an activating group) is 1. The summed E-state index contributed by atoms with van der Waals surface area (Å²) in [5.74, 6) is 1.56. The zero-order valence-corrected chi connectivity index (χ0v) is 19.4. The van der Waals surface area contributed by atoms with E-state index in [0.717, 1.165) is 41.2 Å². The second-order valence-electron chi connectivity index (χ2n) is 7.67. The van der Waals surface area contributed by atoms with Crippen LogP contribution in [-0.4, -0.2) is 37.2 Å². The summed E-state index contributed by atoms with van der Waals surface area (Å²) < 4.78 is 12.9. The molecule has 0 aliphatic carbocycles.